The lowest BCUT2D eigenvalue weighted by Gasteiger charge is -2.54. The summed E-state index contributed by atoms with van der Waals surface area (Å²) in [4.78, 5) is 0. The van der Waals surface area contributed by atoms with Gasteiger partial charge in [-0.05, 0) is 38.0 Å². The summed E-state index contributed by atoms with van der Waals surface area (Å²) >= 11 is 0. The molecule has 4 aliphatic carbocycles. The number of hydrogen-bond donors (Lipinski definition) is 2. The Labute approximate surface area is 77.4 Å². The highest BCUT2D eigenvalue weighted by atomic mass is 16.4. The SMILES string of the molecule is ON=C1[C@@H]2CC3C[C@H]1CC(O)(C3)C2. The Morgan fingerprint density at radius 3 is 2.23 bits per heavy atom. The van der Waals surface area contributed by atoms with E-state index in [-0.39, 0.29) is 0 Å². The van der Waals surface area contributed by atoms with Crippen LogP contribution in [0, 0.1) is 17.8 Å². The molecule has 0 saturated heterocycles. The van der Waals surface area contributed by atoms with Gasteiger partial charge < -0.3 is 10.3 Å². The summed E-state index contributed by atoms with van der Waals surface area (Å²) in [6, 6.07) is 0. The molecule has 72 valence electrons. The van der Waals surface area contributed by atoms with Gasteiger partial charge in [-0.1, -0.05) is 5.16 Å². The fraction of sp³-hybridized carbons (Fsp3) is 0.900. The smallest absolute Gasteiger partial charge is 0.0663 e. The molecule has 0 aromatic rings. The lowest BCUT2D eigenvalue weighted by Crippen LogP contribution is -2.55. The summed E-state index contributed by atoms with van der Waals surface area (Å²) in [6.07, 6.45) is 4.92. The van der Waals surface area contributed by atoms with Gasteiger partial charge in [-0.25, -0.2) is 0 Å². The van der Waals surface area contributed by atoms with E-state index in [0.717, 1.165) is 37.8 Å². The van der Waals surface area contributed by atoms with E-state index in [4.69, 9.17) is 5.21 Å². The Morgan fingerprint density at radius 2 is 1.77 bits per heavy atom. The maximum atomic E-state index is 10.2. The maximum Gasteiger partial charge on any atom is 0.0663 e. The lowest BCUT2D eigenvalue weighted by molar-refractivity contribution is -0.0834. The van der Waals surface area contributed by atoms with Crippen molar-refractivity contribution in [2.75, 3.05) is 0 Å². The monoisotopic (exact) mass is 181 g/mol. The van der Waals surface area contributed by atoms with E-state index in [1.807, 2.05) is 0 Å². The molecule has 4 rings (SSSR count). The van der Waals surface area contributed by atoms with Crippen LogP contribution in [-0.4, -0.2) is 21.6 Å². The second-order valence-corrected chi connectivity index (χ2v) is 5.09. The third-order valence-corrected chi connectivity index (χ3v) is 4.11. The molecule has 0 spiro atoms. The molecule has 3 nitrogen and oxygen atoms in total. The second-order valence-electron chi connectivity index (χ2n) is 5.09. The normalized spacial score (nSPS) is 56.1. The van der Waals surface area contributed by atoms with Gasteiger partial charge in [0.1, 0.15) is 0 Å². The van der Waals surface area contributed by atoms with Crippen LogP contribution >= 0.6 is 0 Å². The van der Waals surface area contributed by atoms with Crippen molar-refractivity contribution in [2.24, 2.45) is 22.9 Å². The maximum absolute atomic E-state index is 10.2. The van der Waals surface area contributed by atoms with Crippen LogP contribution in [0.4, 0.5) is 0 Å². The minimum Gasteiger partial charge on any atom is -0.411 e. The molecule has 0 radical (unpaired) electrons. The standard InChI is InChI=1S/C10H15NO2/c12-10-3-6-1-7(4-10)9(11-13)8(2-6)5-10/h6-8,12-13H,1-5H2/t6?,7-,8+,10?. The fourth-order valence-electron chi connectivity index (χ4n) is 3.89. The topological polar surface area (TPSA) is 52.8 Å². The highest BCUT2D eigenvalue weighted by Crippen LogP contribution is 2.54. The van der Waals surface area contributed by atoms with E-state index in [0.29, 0.717) is 17.8 Å². The van der Waals surface area contributed by atoms with Crippen LogP contribution in [-0.2, 0) is 0 Å². The van der Waals surface area contributed by atoms with Crippen molar-refractivity contribution in [2.45, 2.75) is 37.7 Å². The van der Waals surface area contributed by atoms with Crippen LogP contribution in [0.3, 0.4) is 0 Å². The van der Waals surface area contributed by atoms with Crippen LogP contribution in [0.5, 0.6) is 0 Å². The molecule has 0 aromatic carbocycles. The van der Waals surface area contributed by atoms with E-state index in [1.165, 1.54) is 0 Å². The van der Waals surface area contributed by atoms with Crippen molar-refractivity contribution < 1.29 is 10.3 Å². The van der Waals surface area contributed by atoms with Crippen molar-refractivity contribution in [3.63, 3.8) is 0 Å². The molecule has 4 atom stereocenters. The molecule has 0 aromatic heterocycles. The second kappa shape index (κ2) is 2.27. The van der Waals surface area contributed by atoms with Crippen LogP contribution in [0.1, 0.15) is 32.1 Å². The van der Waals surface area contributed by atoms with Gasteiger partial charge in [0.15, 0.2) is 0 Å². The first kappa shape index (κ1) is 7.80. The summed E-state index contributed by atoms with van der Waals surface area (Å²) in [5.74, 6) is 1.44. The zero-order chi connectivity index (χ0) is 9.05. The molecule has 3 heteroatoms. The van der Waals surface area contributed by atoms with Crippen LogP contribution < -0.4 is 0 Å². The van der Waals surface area contributed by atoms with Gasteiger partial charge in [-0.2, -0.15) is 0 Å². The van der Waals surface area contributed by atoms with E-state index >= 15 is 0 Å². The van der Waals surface area contributed by atoms with Gasteiger partial charge in [-0.3, -0.25) is 0 Å². The molecule has 4 fully saturated rings. The number of oxime groups is 1. The number of hydrogen-bond acceptors (Lipinski definition) is 3. The highest BCUT2D eigenvalue weighted by Gasteiger charge is 2.53. The van der Waals surface area contributed by atoms with Gasteiger partial charge >= 0.3 is 0 Å². The average molecular weight is 181 g/mol. The zero-order valence-electron chi connectivity index (χ0n) is 7.61. The Hall–Kier alpha value is -0.570. The Morgan fingerprint density at radius 1 is 1.15 bits per heavy atom. The molecule has 2 N–H and O–H groups in total. The van der Waals surface area contributed by atoms with Crippen LogP contribution in [0.25, 0.3) is 0 Å². The minimum atomic E-state index is -0.412. The van der Waals surface area contributed by atoms with Gasteiger partial charge in [0.2, 0.25) is 0 Å². The van der Waals surface area contributed by atoms with Gasteiger partial charge in [-0.15, -0.1) is 0 Å². The quantitative estimate of drug-likeness (QED) is 0.438. The molecule has 0 aliphatic heterocycles. The van der Waals surface area contributed by atoms with Crippen molar-refractivity contribution in [1.82, 2.24) is 0 Å². The molecule has 2 unspecified atom stereocenters. The Kier molecular flexibility index (Phi) is 1.36. The summed E-state index contributed by atoms with van der Waals surface area (Å²) in [7, 11) is 0. The largest absolute Gasteiger partial charge is 0.411 e. The van der Waals surface area contributed by atoms with Crippen LogP contribution in [0.15, 0.2) is 5.16 Å². The predicted molar refractivity (Wildman–Crippen MR) is 47.7 cm³/mol. The molecule has 4 aliphatic rings. The van der Waals surface area contributed by atoms with Gasteiger partial charge in [0, 0.05) is 11.8 Å². The summed E-state index contributed by atoms with van der Waals surface area (Å²) in [6.45, 7) is 0. The van der Waals surface area contributed by atoms with E-state index < -0.39 is 5.60 Å². The zero-order valence-corrected chi connectivity index (χ0v) is 7.61. The number of rotatable bonds is 0. The summed E-state index contributed by atoms with van der Waals surface area (Å²) in [5, 5.41) is 22.5. The third kappa shape index (κ3) is 0.966. The third-order valence-electron chi connectivity index (χ3n) is 4.11. The molecular formula is C10H15NO2. The fourth-order valence-corrected chi connectivity index (χ4v) is 3.89. The molecule has 0 heterocycles. The Bertz CT molecular complexity index is 256. The number of nitrogens with zero attached hydrogens (tertiary/aromatic N) is 1. The predicted octanol–water partition coefficient (Wildman–Crippen LogP) is 1.39. The average Bonchev–Trinajstić information content (AvgIpc) is 2.00. The lowest BCUT2D eigenvalue weighted by atomic mass is 9.53. The van der Waals surface area contributed by atoms with Crippen LogP contribution in [0.2, 0.25) is 0 Å². The first-order valence-corrected chi connectivity index (χ1v) is 5.14. The van der Waals surface area contributed by atoms with Gasteiger partial charge in [0.25, 0.3) is 0 Å². The highest BCUT2D eigenvalue weighted by molar-refractivity contribution is 5.90. The van der Waals surface area contributed by atoms with E-state index in [9.17, 15) is 5.11 Å². The summed E-state index contributed by atoms with van der Waals surface area (Å²) < 4.78 is 0. The van der Waals surface area contributed by atoms with E-state index in [1.54, 1.807) is 0 Å². The molecule has 0 amide bonds. The van der Waals surface area contributed by atoms with E-state index in [2.05, 4.69) is 5.16 Å². The van der Waals surface area contributed by atoms with Crippen molar-refractivity contribution >= 4 is 5.71 Å². The minimum absolute atomic E-state index is 0.376. The first-order valence-electron chi connectivity index (χ1n) is 5.14. The number of aliphatic hydroxyl groups is 1. The van der Waals surface area contributed by atoms with Gasteiger partial charge in [0.05, 0.1) is 11.3 Å². The van der Waals surface area contributed by atoms with Crippen molar-refractivity contribution in [1.29, 1.82) is 0 Å². The van der Waals surface area contributed by atoms with Crippen molar-refractivity contribution in [3.05, 3.63) is 0 Å². The molecule has 4 saturated carbocycles. The summed E-state index contributed by atoms with van der Waals surface area (Å²) in [5.41, 5.74) is 0.561. The van der Waals surface area contributed by atoms with Crippen molar-refractivity contribution in [3.8, 4) is 0 Å². The Balaban J connectivity index is 1.98. The molecule has 13 heavy (non-hydrogen) atoms. The molecule has 4 bridgehead atoms. The molecular weight excluding hydrogens is 166 g/mol. The first-order chi connectivity index (χ1) is 6.20.